The SMILES string of the molecule is CN(OC(=O)c1ccccc1N)[C@@H](CO)C(=O)O. The number of carbonyl (C=O) groups excluding carboxylic acids is 1. The molecule has 1 aromatic carbocycles. The maximum absolute atomic E-state index is 11.7. The van der Waals surface area contributed by atoms with Crippen molar-refractivity contribution in [3.63, 3.8) is 0 Å². The largest absolute Gasteiger partial charge is 0.480 e. The minimum Gasteiger partial charge on any atom is -0.480 e. The van der Waals surface area contributed by atoms with Gasteiger partial charge in [0, 0.05) is 12.7 Å². The molecule has 0 heterocycles. The van der Waals surface area contributed by atoms with Crippen LogP contribution in [0.4, 0.5) is 5.69 Å². The van der Waals surface area contributed by atoms with Gasteiger partial charge in [-0.25, -0.2) is 4.79 Å². The van der Waals surface area contributed by atoms with Gasteiger partial charge in [0.2, 0.25) is 0 Å². The number of aliphatic hydroxyl groups excluding tert-OH is 1. The van der Waals surface area contributed by atoms with Crippen LogP contribution in [-0.4, -0.2) is 46.9 Å². The summed E-state index contributed by atoms with van der Waals surface area (Å²) in [5, 5.41) is 18.4. The Hall–Kier alpha value is -2.12. The summed E-state index contributed by atoms with van der Waals surface area (Å²) in [7, 11) is 1.24. The Morgan fingerprint density at radius 1 is 1.44 bits per heavy atom. The number of benzene rings is 1. The summed E-state index contributed by atoms with van der Waals surface area (Å²) in [6.45, 7) is -0.677. The average Bonchev–Trinajstić information content (AvgIpc) is 2.29. The molecule has 7 nitrogen and oxygen atoms in total. The van der Waals surface area contributed by atoms with E-state index in [1.807, 2.05) is 0 Å². The van der Waals surface area contributed by atoms with Gasteiger partial charge in [0.05, 0.1) is 12.2 Å². The summed E-state index contributed by atoms with van der Waals surface area (Å²) >= 11 is 0. The van der Waals surface area contributed by atoms with Gasteiger partial charge >= 0.3 is 11.9 Å². The zero-order valence-corrected chi connectivity index (χ0v) is 9.74. The second kappa shape index (κ2) is 5.99. The molecule has 0 saturated carbocycles. The first-order valence-corrected chi connectivity index (χ1v) is 5.10. The maximum Gasteiger partial charge on any atom is 0.359 e. The second-order valence-corrected chi connectivity index (χ2v) is 3.55. The van der Waals surface area contributed by atoms with Gasteiger partial charge in [0.15, 0.2) is 6.04 Å². The molecule has 0 spiro atoms. The number of aliphatic hydroxyl groups is 1. The van der Waals surface area contributed by atoms with Crippen LogP contribution >= 0.6 is 0 Å². The van der Waals surface area contributed by atoms with E-state index in [1.54, 1.807) is 12.1 Å². The van der Waals surface area contributed by atoms with Crippen molar-refractivity contribution in [2.45, 2.75) is 6.04 Å². The summed E-state index contributed by atoms with van der Waals surface area (Å²) in [4.78, 5) is 27.2. The van der Waals surface area contributed by atoms with E-state index in [1.165, 1.54) is 19.2 Å². The number of aliphatic carboxylic acids is 1. The third kappa shape index (κ3) is 3.19. The molecule has 0 aliphatic rings. The van der Waals surface area contributed by atoms with Gasteiger partial charge in [-0.15, -0.1) is 5.06 Å². The summed E-state index contributed by atoms with van der Waals surface area (Å²) < 4.78 is 0. The lowest BCUT2D eigenvalue weighted by atomic mass is 10.2. The fourth-order valence-corrected chi connectivity index (χ4v) is 1.28. The van der Waals surface area contributed by atoms with E-state index in [2.05, 4.69) is 0 Å². The van der Waals surface area contributed by atoms with Gasteiger partial charge in [-0.2, -0.15) is 0 Å². The molecule has 7 heteroatoms. The van der Waals surface area contributed by atoms with Crippen molar-refractivity contribution in [1.82, 2.24) is 5.06 Å². The van der Waals surface area contributed by atoms with Crippen LogP contribution in [0.15, 0.2) is 24.3 Å². The summed E-state index contributed by atoms with van der Waals surface area (Å²) in [5.74, 6) is -2.08. The monoisotopic (exact) mass is 254 g/mol. The highest BCUT2D eigenvalue weighted by Crippen LogP contribution is 2.13. The van der Waals surface area contributed by atoms with Gasteiger partial charge in [0.25, 0.3) is 0 Å². The standard InChI is InChI=1S/C11H14N2O5/c1-13(9(6-14)10(15)16)18-11(17)7-4-2-3-5-8(7)12/h2-5,9,14H,6,12H2,1H3,(H,15,16)/t9-/m0/s1. The van der Waals surface area contributed by atoms with Crippen LogP contribution in [0.1, 0.15) is 10.4 Å². The fourth-order valence-electron chi connectivity index (χ4n) is 1.28. The van der Waals surface area contributed by atoms with E-state index in [4.69, 9.17) is 20.8 Å². The quantitative estimate of drug-likeness (QED) is 0.489. The van der Waals surface area contributed by atoms with Crippen molar-refractivity contribution in [1.29, 1.82) is 0 Å². The molecule has 0 aliphatic carbocycles. The number of rotatable bonds is 5. The Morgan fingerprint density at radius 2 is 2.06 bits per heavy atom. The number of hydroxylamine groups is 2. The van der Waals surface area contributed by atoms with Crippen LogP contribution in [0.5, 0.6) is 0 Å². The van der Waals surface area contributed by atoms with E-state index in [9.17, 15) is 9.59 Å². The molecule has 0 fully saturated rings. The van der Waals surface area contributed by atoms with E-state index < -0.39 is 24.6 Å². The Labute approximate surface area is 103 Å². The maximum atomic E-state index is 11.7. The third-order valence-corrected chi connectivity index (χ3v) is 2.30. The highest BCUT2D eigenvalue weighted by molar-refractivity contribution is 5.94. The number of carboxylic acid groups (broad SMARTS) is 1. The Balaban J connectivity index is 2.76. The summed E-state index contributed by atoms with van der Waals surface area (Å²) in [5.41, 5.74) is 5.94. The number of nitrogens with two attached hydrogens (primary N) is 1. The van der Waals surface area contributed by atoms with Crippen molar-refractivity contribution in [3.8, 4) is 0 Å². The molecule has 4 N–H and O–H groups in total. The second-order valence-electron chi connectivity index (χ2n) is 3.55. The van der Waals surface area contributed by atoms with E-state index in [0.29, 0.717) is 0 Å². The molecule has 0 saturated heterocycles. The van der Waals surface area contributed by atoms with Gasteiger partial charge in [0.1, 0.15) is 0 Å². The van der Waals surface area contributed by atoms with Crippen molar-refractivity contribution >= 4 is 17.6 Å². The van der Waals surface area contributed by atoms with Crippen molar-refractivity contribution in [2.24, 2.45) is 0 Å². The molecule has 0 unspecified atom stereocenters. The van der Waals surface area contributed by atoms with Crippen LogP contribution < -0.4 is 5.73 Å². The highest BCUT2D eigenvalue weighted by atomic mass is 16.7. The molecular formula is C11H14N2O5. The lowest BCUT2D eigenvalue weighted by molar-refractivity contribution is -0.168. The Morgan fingerprint density at radius 3 is 2.56 bits per heavy atom. The number of hydrogen-bond acceptors (Lipinski definition) is 6. The van der Waals surface area contributed by atoms with E-state index in [0.717, 1.165) is 5.06 Å². The number of nitrogens with zero attached hydrogens (tertiary/aromatic N) is 1. The molecule has 0 aromatic heterocycles. The van der Waals surface area contributed by atoms with Gasteiger partial charge in [-0.05, 0) is 12.1 Å². The molecule has 0 bridgehead atoms. The topological polar surface area (TPSA) is 113 Å². The molecule has 1 rings (SSSR count). The molecule has 1 aromatic rings. The molecule has 1 atom stereocenters. The van der Waals surface area contributed by atoms with Gasteiger partial charge < -0.3 is 20.8 Å². The summed E-state index contributed by atoms with van der Waals surface area (Å²) in [6, 6.07) is 4.92. The zero-order valence-electron chi connectivity index (χ0n) is 9.74. The fraction of sp³-hybridized carbons (Fsp3) is 0.273. The first kappa shape index (κ1) is 13.9. The molecule has 0 radical (unpaired) electrons. The molecule has 0 amide bonds. The highest BCUT2D eigenvalue weighted by Gasteiger charge is 2.25. The normalized spacial score (nSPS) is 12.2. The zero-order chi connectivity index (χ0) is 13.7. The predicted molar refractivity (Wildman–Crippen MR) is 62.5 cm³/mol. The smallest absolute Gasteiger partial charge is 0.359 e. The average molecular weight is 254 g/mol. The number of likely N-dealkylation sites (N-methyl/N-ethyl adjacent to an activating group) is 1. The van der Waals surface area contributed by atoms with Crippen molar-refractivity contribution in [3.05, 3.63) is 29.8 Å². The van der Waals surface area contributed by atoms with Crippen LogP contribution in [0.2, 0.25) is 0 Å². The molecular weight excluding hydrogens is 240 g/mol. The van der Waals surface area contributed by atoms with Crippen LogP contribution in [0.25, 0.3) is 0 Å². The summed E-state index contributed by atoms with van der Waals surface area (Å²) in [6.07, 6.45) is 0. The first-order chi connectivity index (χ1) is 8.47. The van der Waals surface area contributed by atoms with Gasteiger partial charge in [-0.1, -0.05) is 12.1 Å². The number of carboxylic acids is 1. The molecule has 98 valence electrons. The van der Waals surface area contributed by atoms with E-state index in [-0.39, 0.29) is 11.3 Å². The van der Waals surface area contributed by atoms with Crippen LogP contribution in [0.3, 0.4) is 0 Å². The van der Waals surface area contributed by atoms with E-state index >= 15 is 0 Å². The number of hydrogen-bond donors (Lipinski definition) is 3. The lowest BCUT2D eigenvalue weighted by Crippen LogP contribution is -2.42. The minimum absolute atomic E-state index is 0.131. The number of nitrogen functional groups attached to an aromatic ring is 1. The predicted octanol–water partition coefficient (Wildman–Crippen LogP) is -0.282. The minimum atomic E-state index is -1.32. The molecule has 18 heavy (non-hydrogen) atoms. The number of anilines is 1. The number of para-hydroxylation sites is 1. The first-order valence-electron chi connectivity index (χ1n) is 5.10. The van der Waals surface area contributed by atoms with Crippen LogP contribution in [0, 0.1) is 0 Å². The van der Waals surface area contributed by atoms with Gasteiger partial charge in [-0.3, -0.25) is 4.79 Å². The van der Waals surface area contributed by atoms with Crippen molar-refractivity contribution in [2.75, 3.05) is 19.4 Å². The lowest BCUT2D eigenvalue weighted by Gasteiger charge is -2.21. The van der Waals surface area contributed by atoms with Crippen molar-refractivity contribution < 1.29 is 24.6 Å². The Bertz CT molecular complexity index is 449. The molecule has 0 aliphatic heterocycles. The van der Waals surface area contributed by atoms with Crippen LogP contribution in [-0.2, 0) is 9.63 Å². The number of carbonyl (C=O) groups is 2. The third-order valence-electron chi connectivity index (χ3n) is 2.30. The Kier molecular flexibility index (Phi) is 4.64.